The zero-order valence-electron chi connectivity index (χ0n) is 18.1. The lowest BCUT2D eigenvalue weighted by Crippen LogP contribution is -2.53. The van der Waals surface area contributed by atoms with Gasteiger partial charge in [0.1, 0.15) is 11.8 Å². The quantitative estimate of drug-likeness (QED) is 0.637. The standard InChI is InChI=1S/C22H35N3O3.ClH/c1-5-28-19-8-6-18(7-9-19)21(26)24-20(16(2)3)22(27)25-14-11-17(12-15-25)10-13-23-4;/h6-9,16-17,20,23H,5,10-15H2,1-4H3,(H,24,26);1H. The van der Waals surface area contributed by atoms with E-state index in [1.807, 2.05) is 32.7 Å². The lowest BCUT2D eigenvalue weighted by Gasteiger charge is -2.35. The van der Waals surface area contributed by atoms with Crippen LogP contribution >= 0.6 is 12.4 Å². The number of likely N-dealkylation sites (tertiary alicyclic amines) is 1. The summed E-state index contributed by atoms with van der Waals surface area (Å²) in [5.74, 6) is 1.24. The van der Waals surface area contributed by atoms with Crippen LogP contribution in [0.1, 0.15) is 50.4 Å². The lowest BCUT2D eigenvalue weighted by atomic mass is 9.92. The van der Waals surface area contributed by atoms with Gasteiger partial charge >= 0.3 is 0 Å². The van der Waals surface area contributed by atoms with Crippen molar-refractivity contribution in [2.75, 3.05) is 33.3 Å². The number of piperidine rings is 1. The first kappa shape index (κ1) is 25.2. The number of nitrogens with one attached hydrogen (secondary N) is 2. The van der Waals surface area contributed by atoms with Crippen molar-refractivity contribution >= 4 is 24.2 Å². The predicted octanol–water partition coefficient (Wildman–Crippen LogP) is 3.11. The molecule has 2 rings (SSSR count). The molecule has 0 saturated carbocycles. The van der Waals surface area contributed by atoms with Gasteiger partial charge in [-0.2, -0.15) is 0 Å². The van der Waals surface area contributed by atoms with Crippen molar-refractivity contribution in [1.29, 1.82) is 0 Å². The topological polar surface area (TPSA) is 70.7 Å². The van der Waals surface area contributed by atoms with Gasteiger partial charge in [0.15, 0.2) is 0 Å². The van der Waals surface area contributed by atoms with Gasteiger partial charge in [-0.3, -0.25) is 9.59 Å². The molecule has 0 bridgehead atoms. The van der Waals surface area contributed by atoms with Gasteiger partial charge in [0.05, 0.1) is 6.61 Å². The summed E-state index contributed by atoms with van der Waals surface area (Å²) < 4.78 is 5.41. The second kappa shape index (κ2) is 12.7. The molecule has 164 valence electrons. The molecule has 0 aromatic heterocycles. The molecule has 7 heteroatoms. The fourth-order valence-electron chi connectivity index (χ4n) is 3.59. The third kappa shape index (κ3) is 7.52. The summed E-state index contributed by atoms with van der Waals surface area (Å²) in [6.07, 6.45) is 3.22. The number of benzene rings is 1. The fourth-order valence-corrected chi connectivity index (χ4v) is 3.59. The molecule has 1 heterocycles. The van der Waals surface area contributed by atoms with Crippen LogP contribution in [0.2, 0.25) is 0 Å². The lowest BCUT2D eigenvalue weighted by molar-refractivity contribution is -0.135. The van der Waals surface area contributed by atoms with E-state index in [0.717, 1.165) is 44.6 Å². The molecule has 1 aliphatic heterocycles. The maximum Gasteiger partial charge on any atom is 0.251 e. The van der Waals surface area contributed by atoms with E-state index < -0.39 is 6.04 Å². The Morgan fingerprint density at radius 3 is 2.31 bits per heavy atom. The molecule has 0 spiro atoms. The molecule has 1 aromatic carbocycles. The van der Waals surface area contributed by atoms with Gasteiger partial charge in [-0.15, -0.1) is 12.4 Å². The molecule has 29 heavy (non-hydrogen) atoms. The first-order valence-corrected chi connectivity index (χ1v) is 10.4. The Morgan fingerprint density at radius 2 is 1.79 bits per heavy atom. The van der Waals surface area contributed by atoms with E-state index in [-0.39, 0.29) is 30.1 Å². The van der Waals surface area contributed by atoms with Crippen molar-refractivity contribution in [3.8, 4) is 5.75 Å². The minimum atomic E-state index is -0.507. The fraction of sp³-hybridized carbons (Fsp3) is 0.636. The normalized spacial score (nSPS) is 15.6. The third-order valence-electron chi connectivity index (χ3n) is 5.38. The Morgan fingerprint density at radius 1 is 1.17 bits per heavy atom. The molecule has 2 amide bonds. The van der Waals surface area contributed by atoms with Gasteiger partial charge < -0.3 is 20.3 Å². The number of carbonyl (C=O) groups excluding carboxylic acids is 2. The van der Waals surface area contributed by atoms with Crippen molar-refractivity contribution < 1.29 is 14.3 Å². The van der Waals surface area contributed by atoms with Crippen molar-refractivity contribution in [1.82, 2.24) is 15.5 Å². The highest BCUT2D eigenvalue weighted by atomic mass is 35.5. The Labute approximate surface area is 181 Å². The summed E-state index contributed by atoms with van der Waals surface area (Å²) in [4.78, 5) is 27.6. The Hall–Kier alpha value is -1.79. The van der Waals surface area contributed by atoms with E-state index in [0.29, 0.717) is 18.1 Å². The average Bonchev–Trinajstić information content (AvgIpc) is 2.70. The highest BCUT2D eigenvalue weighted by Gasteiger charge is 2.31. The molecule has 1 aromatic rings. The van der Waals surface area contributed by atoms with E-state index in [1.54, 1.807) is 24.3 Å². The van der Waals surface area contributed by atoms with Gasteiger partial charge in [0.2, 0.25) is 5.91 Å². The largest absolute Gasteiger partial charge is 0.494 e. The van der Waals surface area contributed by atoms with Crippen LogP contribution in [0.15, 0.2) is 24.3 Å². The SMILES string of the molecule is CCOc1ccc(C(=O)NC(C(=O)N2CCC(CCNC)CC2)C(C)C)cc1.Cl. The highest BCUT2D eigenvalue weighted by molar-refractivity contribution is 5.97. The number of hydrogen-bond donors (Lipinski definition) is 2. The monoisotopic (exact) mass is 425 g/mol. The van der Waals surface area contributed by atoms with E-state index >= 15 is 0 Å². The molecule has 1 fully saturated rings. The summed E-state index contributed by atoms with van der Waals surface area (Å²) in [5, 5.41) is 6.14. The second-order valence-electron chi connectivity index (χ2n) is 7.81. The van der Waals surface area contributed by atoms with Crippen molar-refractivity contribution in [2.24, 2.45) is 11.8 Å². The summed E-state index contributed by atoms with van der Waals surface area (Å²) in [7, 11) is 1.97. The van der Waals surface area contributed by atoms with Gasteiger partial charge in [-0.05, 0) is 75.9 Å². The van der Waals surface area contributed by atoms with E-state index in [9.17, 15) is 9.59 Å². The number of halogens is 1. The van der Waals surface area contributed by atoms with Crippen LogP contribution in [0.4, 0.5) is 0 Å². The zero-order chi connectivity index (χ0) is 20.5. The van der Waals surface area contributed by atoms with Gasteiger partial charge in [0.25, 0.3) is 5.91 Å². The minimum Gasteiger partial charge on any atom is -0.494 e. The van der Waals surface area contributed by atoms with E-state index in [2.05, 4.69) is 10.6 Å². The van der Waals surface area contributed by atoms with Crippen molar-refractivity contribution in [3.63, 3.8) is 0 Å². The van der Waals surface area contributed by atoms with Crippen LogP contribution in [0.5, 0.6) is 5.75 Å². The smallest absolute Gasteiger partial charge is 0.251 e. The molecule has 0 radical (unpaired) electrons. The molecule has 0 aliphatic carbocycles. The Bertz CT molecular complexity index is 629. The predicted molar refractivity (Wildman–Crippen MR) is 119 cm³/mol. The third-order valence-corrected chi connectivity index (χ3v) is 5.38. The maximum absolute atomic E-state index is 13.0. The number of hydrogen-bond acceptors (Lipinski definition) is 4. The molecule has 1 saturated heterocycles. The van der Waals surface area contributed by atoms with Crippen LogP contribution in [0.25, 0.3) is 0 Å². The number of nitrogens with zero attached hydrogens (tertiary/aromatic N) is 1. The summed E-state index contributed by atoms with van der Waals surface area (Å²) >= 11 is 0. The van der Waals surface area contributed by atoms with Crippen LogP contribution in [0.3, 0.4) is 0 Å². The number of amides is 2. The van der Waals surface area contributed by atoms with Gasteiger partial charge in [-0.25, -0.2) is 0 Å². The van der Waals surface area contributed by atoms with E-state index in [1.165, 1.54) is 0 Å². The van der Waals surface area contributed by atoms with Crippen LogP contribution in [-0.2, 0) is 4.79 Å². The Kier molecular flexibility index (Phi) is 11.1. The number of rotatable bonds is 9. The van der Waals surface area contributed by atoms with Crippen LogP contribution < -0.4 is 15.4 Å². The summed E-state index contributed by atoms with van der Waals surface area (Å²) in [6, 6.07) is 6.51. The molecule has 2 N–H and O–H groups in total. The summed E-state index contributed by atoms with van der Waals surface area (Å²) in [5.41, 5.74) is 0.535. The first-order valence-electron chi connectivity index (χ1n) is 10.4. The molecule has 1 unspecified atom stereocenters. The zero-order valence-corrected chi connectivity index (χ0v) is 18.9. The second-order valence-corrected chi connectivity index (χ2v) is 7.81. The molecular formula is C22H36ClN3O3. The molecule has 1 aliphatic rings. The Balaban J connectivity index is 0.00000420. The summed E-state index contributed by atoms with van der Waals surface area (Å²) in [6.45, 7) is 9.02. The molecule has 1 atom stereocenters. The molecule has 6 nitrogen and oxygen atoms in total. The first-order chi connectivity index (χ1) is 13.5. The van der Waals surface area contributed by atoms with Crippen molar-refractivity contribution in [3.05, 3.63) is 29.8 Å². The number of carbonyl (C=O) groups is 2. The van der Waals surface area contributed by atoms with Crippen LogP contribution in [0, 0.1) is 11.8 Å². The van der Waals surface area contributed by atoms with Crippen LogP contribution in [-0.4, -0.2) is 56.0 Å². The highest BCUT2D eigenvalue weighted by Crippen LogP contribution is 2.21. The van der Waals surface area contributed by atoms with Gasteiger partial charge in [-0.1, -0.05) is 13.8 Å². The molecular weight excluding hydrogens is 390 g/mol. The van der Waals surface area contributed by atoms with Crippen molar-refractivity contribution in [2.45, 2.75) is 46.1 Å². The maximum atomic E-state index is 13.0. The number of ether oxygens (including phenoxy) is 1. The average molecular weight is 426 g/mol. The van der Waals surface area contributed by atoms with E-state index in [4.69, 9.17) is 4.74 Å². The minimum absolute atomic E-state index is 0. The van der Waals surface area contributed by atoms with Gasteiger partial charge in [0, 0.05) is 18.7 Å².